The molecule has 0 unspecified atom stereocenters. The summed E-state index contributed by atoms with van der Waals surface area (Å²) in [5.74, 6) is 1.37. The SMILES string of the molecule is CCCN(C)c1nc(Nc2cccc(NC)c2)n2ncc(CC)c2n1. The number of fused-ring (bicyclic) bond motifs is 1. The number of hydrogen-bond acceptors (Lipinski definition) is 6. The van der Waals surface area contributed by atoms with E-state index in [1.165, 1.54) is 0 Å². The van der Waals surface area contributed by atoms with Crippen molar-refractivity contribution in [1.29, 1.82) is 0 Å². The lowest BCUT2D eigenvalue weighted by molar-refractivity contribution is 0.804. The molecule has 0 atom stereocenters. The summed E-state index contributed by atoms with van der Waals surface area (Å²) < 4.78 is 1.77. The van der Waals surface area contributed by atoms with E-state index in [4.69, 9.17) is 9.97 Å². The molecule has 1 aromatic carbocycles. The summed E-state index contributed by atoms with van der Waals surface area (Å²) in [6, 6.07) is 8.06. The molecule has 0 spiro atoms. The molecule has 2 heterocycles. The predicted octanol–water partition coefficient (Wildman–Crippen LogP) is 3.32. The minimum Gasteiger partial charge on any atom is -0.388 e. The topological polar surface area (TPSA) is 70.4 Å². The standard InChI is InChI=1S/C18H25N7/c1-5-10-24(4)17-22-16-13(6-2)12-20-25(16)18(23-17)21-15-9-7-8-14(11-15)19-3/h7-9,11-12,19H,5-6,10H2,1-4H3,(H,21,22,23). The Morgan fingerprint density at radius 2 is 1.96 bits per heavy atom. The number of hydrogen-bond donors (Lipinski definition) is 2. The summed E-state index contributed by atoms with van der Waals surface area (Å²) in [6.45, 7) is 5.16. The second kappa shape index (κ2) is 7.38. The van der Waals surface area contributed by atoms with Crippen LogP contribution in [0.25, 0.3) is 5.65 Å². The van der Waals surface area contributed by atoms with E-state index in [9.17, 15) is 0 Å². The number of anilines is 4. The van der Waals surface area contributed by atoms with Gasteiger partial charge in [-0.1, -0.05) is 19.9 Å². The van der Waals surface area contributed by atoms with Gasteiger partial charge in [-0.05, 0) is 31.0 Å². The zero-order chi connectivity index (χ0) is 17.8. The van der Waals surface area contributed by atoms with Gasteiger partial charge in [-0.25, -0.2) is 0 Å². The Labute approximate surface area is 148 Å². The van der Waals surface area contributed by atoms with E-state index in [0.29, 0.717) is 11.9 Å². The molecule has 0 aliphatic rings. The van der Waals surface area contributed by atoms with Crippen molar-refractivity contribution in [2.45, 2.75) is 26.7 Å². The molecule has 132 valence electrons. The molecule has 2 aromatic heterocycles. The molecule has 0 bridgehead atoms. The lowest BCUT2D eigenvalue weighted by Crippen LogP contribution is -2.22. The first-order valence-corrected chi connectivity index (χ1v) is 8.66. The molecule has 0 aliphatic heterocycles. The number of benzene rings is 1. The van der Waals surface area contributed by atoms with Crippen molar-refractivity contribution in [2.24, 2.45) is 0 Å². The zero-order valence-corrected chi connectivity index (χ0v) is 15.2. The third-order valence-corrected chi connectivity index (χ3v) is 4.12. The average molecular weight is 339 g/mol. The zero-order valence-electron chi connectivity index (χ0n) is 15.2. The van der Waals surface area contributed by atoms with Gasteiger partial charge < -0.3 is 15.5 Å². The molecule has 0 saturated carbocycles. The van der Waals surface area contributed by atoms with Crippen LogP contribution in [0.5, 0.6) is 0 Å². The molecule has 0 saturated heterocycles. The van der Waals surface area contributed by atoms with Crippen LogP contribution in [0.15, 0.2) is 30.5 Å². The molecule has 0 fully saturated rings. The first-order valence-electron chi connectivity index (χ1n) is 8.66. The molecule has 7 nitrogen and oxygen atoms in total. The van der Waals surface area contributed by atoms with Gasteiger partial charge >= 0.3 is 0 Å². The van der Waals surface area contributed by atoms with E-state index in [2.05, 4.69) is 34.5 Å². The molecular weight excluding hydrogens is 314 g/mol. The summed E-state index contributed by atoms with van der Waals surface area (Å²) >= 11 is 0. The summed E-state index contributed by atoms with van der Waals surface area (Å²) in [7, 11) is 3.92. The fourth-order valence-electron chi connectivity index (χ4n) is 2.73. The summed E-state index contributed by atoms with van der Waals surface area (Å²) in [5, 5.41) is 11.0. The van der Waals surface area contributed by atoms with Gasteiger partial charge in [0.15, 0.2) is 5.65 Å². The second-order valence-corrected chi connectivity index (χ2v) is 5.98. The summed E-state index contributed by atoms with van der Waals surface area (Å²) in [4.78, 5) is 11.5. The van der Waals surface area contributed by atoms with Crippen molar-refractivity contribution in [3.05, 3.63) is 36.0 Å². The van der Waals surface area contributed by atoms with Crippen molar-refractivity contribution in [3.8, 4) is 0 Å². The van der Waals surface area contributed by atoms with Crippen LogP contribution in [0.2, 0.25) is 0 Å². The highest BCUT2D eigenvalue weighted by molar-refractivity contribution is 5.64. The van der Waals surface area contributed by atoms with E-state index < -0.39 is 0 Å². The van der Waals surface area contributed by atoms with Crippen LogP contribution in [0.1, 0.15) is 25.8 Å². The maximum atomic E-state index is 4.72. The Bertz CT molecular complexity index is 856. The molecular formula is C18H25N7. The largest absolute Gasteiger partial charge is 0.388 e. The van der Waals surface area contributed by atoms with Crippen LogP contribution < -0.4 is 15.5 Å². The van der Waals surface area contributed by atoms with Crippen LogP contribution in [-0.2, 0) is 6.42 Å². The minimum absolute atomic E-state index is 0.663. The number of nitrogens with zero attached hydrogens (tertiary/aromatic N) is 5. The van der Waals surface area contributed by atoms with Crippen molar-refractivity contribution in [3.63, 3.8) is 0 Å². The fourth-order valence-corrected chi connectivity index (χ4v) is 2.73. The first kappa shape index (κ1) is 17.0. The second-order valence-electron chi connectivity index (χ2n) is 5.98. The first-order chi connectivity index (χ1) is 12.2. The van der Waals surface area contributed by atoms with Crippen LogP contribution in [0.3, 0.4) is 0 Å². The number of rotatable bonds is 7. The van der Waals surface area contributed by atoms with E-state index in [1.807, 2.05) is 44.6 Å². The normalized spacial score (nSPS) is 10.9. The number of nitrogens with one attached hydrogen (secondary N) is 2. The van der Waals surface area contributed by atoms with Gasteiger partial charge in [0.25, 0.3) is 0 Å². The molecule has 3 rings (SSSR count). The van der Waals surface area contributed by atoms with Crippen molar-refractivity contribution < 1.29 is 0 Å². The maximum Gasteiger partial charge on any atom is 0.233 e. The van der Waals surface area contributed by atoms with Gasteiger partial charge in [0.05, 0.1) is 6.20 Å². The van der Waals surface area contributed by atoms with Gasteiger partial charge in [0.1, 0.15) is 0 Å². The summed E-state index contributed by atoms with van der Waals surface area (Å²) in [5.41, 5.74) is 3.95. The van der Waals surface area contributed by atoms with E-state index in [0.717, 1.165) is 42.0 Å². The lowest BCUT2D eigenvalue weighted by Gasteiger charge is -2.18. The lowest BCUT2D eigenvalue weighted by atomic mass is 10.3. The van der Waals surface area contributed by atoms with Crippen molar-refractivity contribution in [2.75, 3.05) is 36.2 Å². The van der Waals surface area contributed by atoms with Crippen molar-refractivity contribution in [1.82, 2.24) is 19.6 Å². The smallest absolute Gasteiger partial charge is 0.233 e. The molecule has 25 heavy (non-hydrogen) atoms. The molecule has 0 amide bonds. The van der Waals surface area contributed by atoms with Gasteiger partial charge in [0, 0.05) is 37.6 Å². The van der Waals surface area contributed by atoms with E-state index in [1.54, 1.807) is 4.52 Å². The molecule has 0 aliphatic carbocycles. The van der Waals surface area contributed by atoms with E-state index in [-0.39, 0.29) is 0 Å². The van der Waals surface area contributed by atoms with Crippen LogP contribution in [0, 0.1) is 0 Å². The predicted molar refractivity (Wildman–Crippen MR) is 103 cm³/mol. The Kier molecular flexibility index (Phi) is 5.02. The summed E-state index contributed by atoms with van der Waals surface area (Å²) in [6.07, 6.45) is 3.78. The maximum absolute atomic E-state index is 4.72. The molecule has 0 radical (unpaired) electrons. The van der Waals surface area contributed by atoms with E-state index >= 15 is 0 Å². The molecule has 3 aromatic rings. The number of aromatic nitrogens is 4. The third kappa shape index (κ3) is 3.50. The fraction of sp³-hybridized carbons (Fsp3) is 0.389. The average Bonchev–Trinajstić information content (AvgIpc) is 3.05. The van der Waals surface area contributed by atoms with Crippen molar-refractivity contribution >= 4 is 28.9 Å². The highest BCUT2D eigenvalue weighted by Crippen LogP contribution is 2.22. The van der Waals surface area contributed by atoms with Gasteiger partial charge in [0.2, 0.25) is 11.9 Å². The molecule has 2 N–H and O–H groups in total. The number of aryl methyl sites for hydroxylation is 1. The quantitative estimate of drug-likeness (QED) is 0.688. The minimum atomic E-state index is 0.663. The monoisotopic (exact) mass is 339 g/mol. The Hall–Kier alpha value is -2.83. The van der Waals surface area contributed by atoms with Gasteiger partial charge in [-0.2, -0.15) is 19.6 Å². The van der Waals surface area contributed by atoms with Crippen LogP contribution in [0.4, 0.5) is 23.3 Å². The van der Waals surface area contributed by atoms with Crippen LogP contribution in [-0.4, -0.2) is 40.2 Å². The Morgan fingerprint density at radius 1 is 1.16 bits per heavy atom. The van der Waals surface area contributed by atoms with Gasteiger partial charge in [-0.3, -0.25) is 0 Å². The van der Waals surface area contributed by atoms with Gasteiger partial charge in [-0.15, -0.1) is 0 Å². The highest BCUT2D eigenvalue weighted by atomic mass is 15.4. The molecule has 7 heteroatoms. The van der Waals surface area contributed by atoms with Crippen LogP contribution >= 0.6 is 0 Å². The Morgan fingerprint density at radius 3 is 2.68 bits per heavy atom. The third-order valence-electron chi connectivity index (χ3n) is 4.12. The Balaban J connectivity index is 2.06. The highest BCUT2D eigenvalue weighted by Gasteiger charge is 2.14.